The van der Waals surface area contributed by atoms with Gasteiger partial charge in [-0.3, -0.25) is 0 Å². The standard InChI is InChI=1S/C12H16BrN3/c1-7(2)9-5-10(13)16-11(6-9)14-12(15-16)8(3)4/h5-8H,1-4H3. The summed E-state index contributed by atoms with van der Waals surface area (Å²) in [5.41, 5.74) is 2.20. The van der Waals surface area contributed by atoms with E-state index in [0.717, 1.165) is 16.1 Å². The summed E-state index contributed by atoms with van der Waals surface area (Å²) in [6, 6.07) is 4.21. The Kier molecular flexibility index (Phi) is 3.02. The van der Waals surface area contributed by atoms with E-state index in [1.165, 1.54) is 5.56 Å². The summed E-state index contributed by atoms with van der Waals surface area (Å²) >= 11 is 3.54. The first-order valence-electron chi connectivity index (χ1n) is 5.55. The van der Waals surface area contributed by atoms with Crippen LogP contribution in [0.1, 0.15) is 50.9 Å². The van der Waals surface area contributed by atoms with Crippen LogP contribution in [0, 0.1) is 0 Å². The fraction of sp³-hybridized carbons (Fsp3) is 0.500. The van der Waals surface area contributed by atoms with E-state index in [2.05, 4.69) is 65.8 Å². The molecule has 4 heteroatoms. The van der Waals surface area contributed by atoms with Crippen LogP contribution in [0.15, 0.2) is 16.7 Å². The Bertz CT molecular complexity index is 514. The molecule has 0 saturated carbocycles. The van der Waals surface area contributed by atoms with E-state index in [9.17, 15) is 0 Å². The molecule has 0 bridgehead atoms. The summed E-state index contributed by atoms with van der Waals surface area (Å²) in [5, 5.41) is 4.47. The molecule has 3 nitrogen and oxygen atoms in total. The maximum atomic E-state index is 4.54. The van der Waals surface area contributed by atoms with Crippen LogP contribution < -0.4 is 0 Å². The molecule has 0 fully saturated rings. The minimum atomic E-state index is 0.356. The van der Waals surface area contributed by atoms with Crippen molar-refractivity contribution in [2.45, 2.75) is 39.5 Å². The van der Waals surface area contributed by atoms with Crippen LogP contribution in [0.25, 0.3) is 5.65 Å². The number of fused-ring (bicyclic) bond motifs is 1. The molecule has 2 rings (SSSR count). The van der Waals surface area contributed by atoms with Crippen molar-refractivity contribution in [3.8, 4) is 0 Å². The van der Waals surface area contributed by atoms with E-state index < -0.39 is 0 Å². The molecular formula is C12H16BrN3. The maximum absolute atomic E-state index is 4.54. The minimum absolute atomic E-state index is 0.356. The summed E-state index contributed by atoms with van der Waals surface area (Å²) in [6.45, 7) is 8.56. The van der Waals surface area contributed by atoms with Gasteiger partial charge in [0.05, 0.1) is 0 Å². The van der Waals surface area contributed by atoms with Gasteiger partial charge in [0, 0.05) is 5.92 Å². The molecule has 2 heterocycles. The SMILES string of the molecule is CC(C)c1cc(Br)n2nc(C(C)C)nc2c1. The van der Waals surface area contributed by atoms with Gasteiger partial charge in [-0.05, 0) is 39.5 Å². The van der Waals surface area contributed by atoms with Crippen LogP contribution in [0.3, 0.4) is 0 Å². The Morgan fingerprint density at radius 2 is 1.81 bits per heavy atom. The number of halogens is 1. The largest absolute Gasteiger partial charge is 0.212 e. The Morgan fingerprint density at radius 1 is 1.12 bits per heavy atom. The molecule has 2 aromatic rings. The van der Waals surface area contributed by atoms with Gasteiger partial charge in [-0.25, -0.2) is 9.50 Å². The van der Waals surface area contributed by atoms with Gasteiger partial charge in [0.15, 0.2) is 11.5 Å². The average Bonchev–Trinajstić information content (AvgIpc) is 2.61. The lowest BCUT2D eigenvalue weighted by atomic mass is 10.1. The molecule has 0 unspecified atom stereocenters. The van der Waals surface area contributed by atoms with E-state index in [-0.39, 0.29) is 0 Å². The highest BCUT2D eigenvalue weighted by Crippen LogP contribution is 2.22. The van der Waals surface area contributed by atoms with E-state index >= 15 is 0 Å². The maximum Gasteiger partial charge on any atom is 0.157 e. The molecule has 0 N–H and O–H groups in total. The molecule has 0 aliphatic carbocycles. The highest BCUT2D eigenvalue weighted by molar-refractivity contribution is 9.10. The van der Waals surface area contributed by atoms with Crippen molar-refractivity contribution in [1.29, 1.82) is 0 Å². The minimum Gasteiger partial charge on any atom is -0.212 e. The third-order valence-electron chi connectivity index (χ3n) is 2.62. The first-order valence-corrected chi connectivity index (χ1v) is 6.34. The molecule has 0 aromatic carbocycles. The van der Waals surface area contributed by atoms with Crippen molar-refractivity contribution in [2.75, 3.05) is 0 Å². The molecule has 0 atom stereocenters. The molecule has 0 saturated heterocycles. The average molecular weight is 282 g/mol. The second-order valence-electron chi connectivity index (χ2n) is 4.66. The Morgan fingerprint density at radius 3 is 2.38 bits per heavy atom. The zero-order valence-corrected chi connectivity index (χ0v) is 11.6. The van der Waals surface area contributed by atoms with Crippen molar-refractivity contribution < 1.29 is 0 Å². The van der Waals surface area contributed by atoms with Gasteiger partial charge in [-0.15, -0.1) is 5.10 Å². The second-order valence-corrected chi connectivity index (χ2v) is 5.47. The highest BCUT2D eigenvalue weighted by atomic mass is 79.9. The van der Waals surface area contributed by atoms with Crippen molar-refractivity contribution in [1.82, 2.24) is 14.6 Å². The summed E-state index contributed by atoms with van der Waals surface area (Å²) in [7, 11) is 0. The van der Waals surface area contributed by atoms with E-state index in [4.69, 9.17) is 0 Å². The van der Waals surface area contributed by atoms with Gasteiger partial charge in [0.2, 0.25) is 0 Å². The van der Waals surface area contributed by atoms with Gasteiger partial charge < -0.3 is 0 Å². The lowest BCUT2D eigenvalue weighted by Gasteiger charge is -2.06. The van der Waals surface area contributed by atoms with Gasteiger partial charge >= 0.3 is 0 Å². The van der Waals surface area contributed by atoms with Crippen LogP contribution in [0.4, 0.5) is 0 Å². The molecule has 0 amide bonds. The summed E-state index contributed by atoms with van der Waals surface area (Å²) in [4.78, 5) is 4.54. The molecule has 0 aliphatic heterocycles. The molecular weight excluding hydrogens is 266 g/mol. The van der Waals surface area contributed by atoms with Crippen molar-refractivity contribution >= 4 is 21.6 Å². The normalized spacial score (nSPS) is 11.9. The van der Waals surface area contributed by atoms with Crippen LogP contribution >= 0.6 is 15.9 Å². The summed E-state index contributed by atoms with van der Waals surface area (Å²) in [5.74, 6) is 1.75. The number of pyridine rings is 1. The first-order chi connectivity index (χ1) is 7.49. The fourth-order valence-corrected chi connectivity index (χ4v) is 2.08. The Balaban J connectivity index is 2.63. The molecule has 0 aliphatic rings. The second kappa shape index (κ2) is 4.17. The van der Waals surface area contributed by atoms with Crippen LogP contribution in [-0.2, 0) is 0 Å². The molecule has 0 radical (unpaired) electrons. The van der Waals surface area contributed by atoms with Crippen LogP contribution in [-0.4, -0.2) is 14.6 Å². The quantitative estimate of drug-likeness (QED) is 0.785. The first kappa shape index (κ1) is 11.6. The predicted octanol–water partition coefficient (Wildman–Crippen LogP) is 3.74. The lowest BCUT2D eigenvalue weighted by molar-refractivity contribution is 0.760. The molecule has 2 aromatic heterocycles. The smallest absolute Gasteiger partial charge is 0.157 e. The number of nitrogens with zero attached hydrogens (tertiary/aromatic N) is 3. The lowest BCUT2D eigenvalue weighted by Crippen LogP contribution is -1.95. The Hall–Kier alpha value is -0.900. The van der Waals surface area contributed by atoms with Gasteiger partial charge in [-0.2, -0.15) is 0 Å². The van der Waals surface area contributed by atoms with Gasteiger partial charge in [-0.1, -0.05) is 27.7 Å². The van der Waals surface area contributed by atoms with E-state index in [1.54, 1.807) is 0 Å². The zero-order chi connectivity index (χ0) is 11.9. The Labute approximate surface area is 104 Å². The molecule has 16 heavy (non-hydrogen) atoms. The van der Waals surface area contributed by atoms with Gasteiger partial charge in [0.25, 0.3) is 0 Å². The van der Waals surface area contributed by atoms with E-state index in [1.807, 2.05) is 4.52 Å². The van der Waals surface area contributed by atoms with E-state index in [0.29, 0.717) is 11.8 Å². The predicted molar refractivity (Wildman–Crippen MR) is 68.9 cm³/mol. The van der Waals surface area contributed by atoms with Crippen molar-refractivity contribution in [2.24, 2.45) is 0 Å². The monoisotopic (exact) mass is 281 g/mol. The zero-order valence-electron chi connectivity index (χ0n) is 10.0. The summed E-state index contributed by atoms with van der Waals surface area (Å²) in [6.07, 6.45) is 0. The highest BCUT2D eigenvalue weighted by Gasteiger charge is 2.11. The number of rotatable bonds is 2. The van der Waals surface area contributed by atoms with Crippen LogP contribution in [0.2, 0.25) is 0 Å². The molecule has 0 spiro atoms. The number of hydrogen-bond acceptors (Lipinski definition) is 2. The van der Waals surface area contributed by atoms with Crippen molar-refractivity contribution in [3.63, 3.8) is 0 Å². The topological polar surface area (TPSA) is 30.2 Å². The van der Waals surface area contributed by atoms with Crippen LogP contribution in [0.5, 0.6) is 0 Å². The third kappa shape index (κ3) is 1.98. The number of aromatic nitrogens is 3. The molecule has 86 valence electrons. The van der Waals surface area contributed by atoms with Crippen molar-refractivity contribution in [3.05, 3.63) is 28.1 Å². The van der Waals surface area contributed by atoms with Gasteiger partial charge in [0.1, 0.15) is 4.60 Å². The fourth-order valence-electron chi connectivity index (χ4n) is 1.56. The number of hydrogen-bond donors (Lipinski definition) is 0. The third-order valence-corrected chi connectivity index (χ3v) is 3.18. The summed E-state index contributed by atoms with van der Waals surface area (Å²) < 4.78 is 2.81.